The third kappa shape index (κ3) is 3.40. The second-order valence-corrected chi connectivity index (χ2v) is 5.56. The summed E-state index contributed by atoms with van der Waals surface area (Å²) in [6.07, 6.45) is 2.48. The Bertz CT molecular complexity index is 639. The highest BCUT2D eigenvalue weighted by atomic mass is 16.3. The molecule has 1 saturated carbocycles. The van der Waals surface area contributed by atoms with Crippen LogP contribution in [0.5, 0.6) is 0 Å². The maximum atomic E-state index is 11.8. The SMILES string of the molecule is O=C(NCC1(O)CCC1)Nc1ccc(-c2ccccc2)nn1. The number of benzene rings is 1. The molecular formula is C16H18N4O2. The zero-order valence-corrected chi connectivity index (χ0v) is 12.1. The first-order valence-electron chi connectivity index (χ1n) is 7.31. The first-order chi connectivity index (χ1) is 10.6. The van der Waals surface area contributed by atoms with Crippen molar-refractivity contribution in [1.29, 1.82) is 0 Å². The second kappa shape index (κ2) is 6.11. The van der Waals surface area contributed by atoms with Gasteiger partial charge in [-0.1, -0.05) is 30.3 Å². The number of carbonyl (C=O) groups is 1. The maximum absolute atomic E-state index is 11.8. The van der Waals surface area contributed by atoms with Gasteiger partial charge in [0.15, 0.2) is 5.82 Å². The molecule has 2 amide bonds. The lowest BCUT2D eigenvalue weighted by Gasteiger charge is -2.36. The number of nitrogens with one attached hydrogen (secondary N) is 2. The Morgan fingerprint density at radius 2 is 1.91 bits per heavy atom. The Morgan fingerprint density at radius 3 is 2.50 bits per heavy atom. The number of amides is 2. The van der Waals surface area contributed by atoms with Gasteiger partial charge in [-0.15, -0.1) is 10.2 Å². The van der Waals surface area contributed by atoms with Crippen molar-refractivity contribution in [3.63, 3.8) is 0 Å². The number of aliphatic hydroxyl groups is 1. The standard InChI is InChI=1S/C16H18N4O2/c21-15(17-11-16(22)9-4-10-16)18-14-8-7-13(19-20-14)12-5-2-1-3-6-12/h1-3,5-8,22H,4,9-11H2,(H2,17,18,20,21). The molecule has 0 aliphatic heterocycles. The molecule has 3 N–H and O–H groups in total. The van der Waals surface area contributed by atoms with Gasteiger partial charge in [0.1, 0.15) is 0 Å². The summed E-state index contributed by atoms with van der Waals surface area (Å²) in [5.74, 6) is 0.373. The Hall–Kier alpha value is -2.47. The summed E-state index contributed by atoms with van der Waals surface area (Å²) >= 11 is 0. The van der Waals surface area contributed by atoms with Crippen molar-refractivity contribution in [2.24, 2.45) is 0 Å². The van der Waals surface area contributed by atoms with Gasteiger partial charge >= 0.3 is 6.03 Å². The largest absolute Gasteiger partial charge is 0.388 e. The molecule has 1 fully saturated rings. The van der Waals surface area contributed by atoms with Crippen LogP contribution in [-0.4, -0.2) is 33.5 Å². The van der Waals surface area contributed by atoms with Crippen LogP contribution in [0.3, 0.4) is 0 Å². The van der Waals surface area contributed by atoms with Crippen molar-refractivity contribution in [1.82, 2.24) is 15.5 Å². The highest BCUT2D eigenvalue weighted by molar-refractivity contribution is 5.88. The molecule has 1 aromatic heterocycles. The minimum Gasteiger partial charge on any atom is -0.388 e. The predicted octanol–water partition coefficient (Wildman–Crippen LogP) is 2.18. The molecule has 3 rings (SSSR count). The minimum absolute atomic E-state index is 0.258. The van der Waals surface area contributed by atoms with Gasteiger partial charge in [-0.05, 0) is 31.4 Å². The van der Waals surface area contributed by atoms with Gasteiger partial charge in [0.05, 0.1) is 11.3 Å². The number of nitrogens with zero attached hydrogens (tertiary/aromatic N) is 2. The molecular weight excluding hydrogens is 280 g/mol. The lowest BCUT2D eigenvalue weighted by atomic mass is 9.80. The van der Waals surface area contributed by atoms with Crippen LogP contribution in [0.15, 0.2) is 42.5 Å². The van der Waals surface area contributed by atoms with Crippen molar-refractivity contribution in [2.75, 3.05) is 11.9 Å². The fourth-order valence-corrected chi connectivity index (χ4v) is 2.33. The van der Waals surface area contributed by atoms with E-state index >= 15 is 0 Å². The monoisotopic (exact) mass is 298 g/mol. The number of anilines is 1. The Morgan fingerprint density at radius 1 is 1.14 bits per heavy atom. The highest BCUT2D eigenvalue weighted by Crippen LogP contribution is 2.30. The van der Waals surface area contributed by atoms with E-state index in [1.54, 1.807) is 12.1 Å². The normalized spacial score (nSPS) is 15.7. The Kier molecular flexibility index (Phi) is 4.02. The smallest absolute Gasteiger partial charge is 0.320 e. The molecule has 0 radical (unpaired) electrons. The van der Waals surface area contributed by atoms with Crippen molar-refractivity contribution in [3.8, 4) is 11.3 Å². The molecule has 2 aromatic rings. The molecule has 1 aromatic carbocycles. The Balaban J connectivity index is 1.55. The number of carbonyl (C=O) groups excluding carboxylic acids is 1. The van der Waals surface area contributed by atoms with Gasteiger partial charge in [0, 0.05) is 12.1 Å². The van der Waals surface area contributed by atoms with Gasteiger partial charge in [0.2, 0.25) is 0 Å². The molecule has 0 saturated heterocycles. The molecule has 0 spiro atoms. The van der Waals surface area contributed by atoms with Crippen molar-refractivity contribution in [3.05, 3.63) is 42.5 Å². The summed E-state index contributed by atoms with van der Waals surface area (Å²) < 4.78 is 0. The predicted molar refractivity (Wildman–Crippen MR) is 83.3 cm³/mol. The molecule has 0 unspecified atom stereocenters. The zero-order chi connectivity index (χ0) is 15.4. The van der Waals surface area contributed by atoms with Gasteiger partial charge in [0.25, 0.3) is 0 Å². The number of aromatic nitrogens is 2. The van der Waals surface area contributed by atoms with Crippen LogP contribution >= 0.6 is 0 Å². The number of hydrogen-bond donors (Lipinski definition) is 3. The van der Waals surface area contributed by atoms with Crippen LogP contribution in [0.25, 0.3) is 11.3 Å². The lowest BCUT2D eigenvalue weighted by Crippen LogP contribution is -2.48. The molecule has 0 atom stereocenters. The molecule has 1 aliphatic rings. The third-order valence-electron chi connectivity index (χ3n) is 3.84. The summed E-state index contributed by atoms with van der Waals surface area (Å²) in [5.41, 5.74) is 0.980. The van der Waals surface area contributed by atoms with Gasteiger partial charge in [-0.25, -0.2) is 4.79 Å². The van der Waals surface area contributed by atoms with Crippen LogP contribution in [-0.2, 0) is 0 Å². The first kappa shape index (κ1) is 14.5. The molecule has 6 heteroatoms. The van der Waals surface area contributed by atoms with Crippen LogP contribution in [0.4, 0.5) is 10.6 Å². The maximum Gasteiger partial charge on any atom is 0.320 e. The first-order valence-corrected chi connectivity index (χ1v) is 7.31. The number of rotatable bonds is 4. The van der Waals surface area contributed by atoms with Gasteiger partial charge in [-0.3, -0.25) is 5.32 Å². The van der Waals surface area contributed by atoms with Gasteiger partial charge < -0.3 is 10.4 Å². The summed E-state index contributed by atoms with van der Waals surface area (Å²) in [6.45, 7) is 0.258. The summed E-state index contributed by atoms with van der Waals surface area (Å²) in [6, 6.07) is 12.8. The van der Waals surface area contributed by atoms with Crippen LogP contribution in [0, 0.1) is 0 Å². The van der Waals surface area contributed by atoms with E-state index in [0.717, 1.165) is 30.5 Å². The van der Waals surface area contributed by atoms with E-state index < -0.39 is 5.60 Å². The number of hydrogen-bond acceptors (Lipinski definition) is 4. The molecule has 22 heavy (non-hydrogen) atoms. The van der Waals surface area contributed by atoms with Crippen LogP contribution in [0.1, 0.15) is 19.3 Å². The average molecular weight is 298 g/mol. The van der Waals surface area contributed by atoms with E-state index in [9.17, 15) is 9.90 Å². The van der Waals surface area contributed by atoms with Gasteiger partial charge in [-0.2, -0.15) is 0 Å². The van der Waals surface area contributed by atoms with Crippen molar-refractivity contribution in [2.45, 2.75) is 24.9 Å². The van der Waals surface area contributed by atoms with E-state index in [1.165, 1.54) is 0 Å². The molecule has 1 aliphatic carbocycles. The summed E-state index contributed by atoms with van der Waals surface area (Å²) in [5, 5.41) is 23.3. The van der Waals surface area contributed by atoms with E-state index in [2.05, 4.69) is 20.8 Å². The second-order valence-electron chi connectivity index (χ2n) is 5.56. The van der Waals surface area contributed by atoms with Crippen molar-refractivity contribution < 1.29 is 9.90 Å². The fourth-order valence-electron chi connectivity index (χ4n) is 2.33. The minimum atomic E-state index is -0.736. The molecule has 1 heterocycles. The number of urea groups is 1. The molecule has 0 bridgehead atoms. The van der Waals surface area contributed by atoms with Crippen LogP contribution in [0.2, 0.25) is 0 Å². The van der Waals surface area contributed by atoms with E-state index in [1.807, 2.05) is 30.3 Å². The third-order valence-corrected chi connectivity index (χ3v) is 3.84. The summed E-state index contributed by atoms with van der Waals surface area (Å²) in [7, 11) is 0. The highest BCUT2D eigenvalue weighted by Gasteiger charge is 2.34. The molecule has 114 valence electrons. The summed E-state index contributed by atoms with van der Waals surface area (Å²) in [4.78, 5) is 11.8. The lowest BCUT2D eigenvalue weighted by molar-refractivity contribution is -0.0287. The van der Waals surface area contributed by atoms with E-state index in [4.69, 9.17) is 0 Å². The topological polar surface area (TPSA) is 87.1 Å². The van der Waals surface area contributed by atoms with Crippen molar-refractivity contribution >= 4 is 11.8 Å². The van der Waals surface area contributed by atoms with E-state index in [-0.39, 0.29) is 12.6 Å². The fraction of sp³-hybridized carbons (Fsp3) is 0.312. The molecule has 6 nitrogen and oxygen atoms in total. The average Bonchev–Trinajstić information content (AvgIpc) is 2.53. The van der Waals surface area contributed by atoms with E-state index in [0.29, 0.717) is 5.82 Å². The Labute approximate surface area is 128 Å². The zero-order valence-electron chi connectivity index (χ0n) is 12.1. The quantitative estimate of drug-likeness (QED) is 0.807. The van der Waals surface area contributed by atoms with Crippen LogP contribution < -0.4 is 10.6 Å².